The lowest BCUT2D eigenvalue weighted by Crippen LogP contribution is -2.35. The topological polar surface area (TPSA) is 95.5 Å². The quantitative estimate of drug-likeness (QED) is 0.676. The fraction of sp³-hybridized carbons (Fsp3) is 0.250. The molecule has 1 aromatic rings. The molecular formula is C12H16N2O4S. The number of hydrogen-bond donors (Lipinski definition) is 3. The van der Waals surface area contributed by atoms with Crippen LogP contribution in [-0.4, -0.2) is 26.5 Å². The molecule has 0 radical (unpaired) electrons. The maximum Gasteiger partial charge on any atom is 0.328 e. The normalized spacial score (nSPS) is 13.6. The molecule has 1 unspecified atom stereocenters. The Bertz CT molecular complexity index is 581. The van der Waals surface area contributed by atoms with Crippen LogP contribution >= 0.6 is 0 Å². The molecule has 0 fully saturated rings. The number of hydrogen-bond acceptors (Lipinski definition) is 3. The highest BCUT2D eigenvalue weighted by molar-refractivity contribution is 7.87. The third-order valence-corrected chi connectivity index (χ3v) is 3.63. The van der Waals surface area contributed by atoms with E-state index in [0.29, 0.717) is 5.56 Å². The Kier molecular flexibility index (Phi) is 5.22. The summed E-state index contributed by atoms with van der Waals surface area (Å²) < 4.78 is 27.3. The van der Waals surface area contributed by atoms with Gasteiger partial charge in [-0.2, -0.15) is 13.1 Å². The lowest BCUT2D eigenvalue weighted by atomic mass is 10.1. The van der Waals surface area contributed by atoms with Gasteiger partial charge >= 0.3 is 5.97 Å². The van der Waals surface area contributed by atoms with Gasteiger partial charge in [-0.15, -0.1) is 0 Å². The van der Waals surface area contributed by atoms with Crippen LogP contribution in [0.15, 0.2) is 30.3 Å². The van der Waals surface area contributed by atoms with Gasteiger partial charge in [0, 0.05) is 19.2 Å². The van der Waals surface area contributed by atoms with E-state index in [2.05, 4.69) is 9.44 Å². The van der Waals surface area contributed by atoms with Crippen molar-refractivity contribution in [2.45, 2.75) is 13.0 Å². The number of carboxylic acid groups (broad SMARTS) is 1. The summed E-state index contributed by atoms with van der Waals surface area (Å²) >= 11 is 0. The molecule has 0 amide bonds. The van der Waals surface area contributed by atoms with E-state index >= 15 is 0 Å². The van der Waals surface area contributed by atoms with E-state index in [1.54, 1.807) is 31.2 Å². The summed E-state index contributed by atoms with van der Waals surface area (Å²) in [6, 6.07) is 6.54. The first-order chi connectivity index (χ1) is 8.84. The van der Waals surface area contributed by atoms with E-state index in [9.17, 15) is 13.2 Å². The van der Waals surface area contributed by atoms with Crippen LogP contribution in [0, 0.1) is 0 Å². The van der Waals surface area contributed by atoms with Crippen LogP contribution in [0.1, 0.15) is 24.1 Å². The van der Waals surface area contributed by atoms with Crippen molar-refractivity contribution in [3.05, 3.63) is 41.5 Å². The van der Waals surface area contributed by atoms with Crippen LogP contribution in [0.25, 0.3) is 6.08 Å². The molecule has 0 bridgehead atoms. The van der Waals surface area contributed by atoms with Crippen molar-refractivity contribution in [1.29, 1.82) is 0 Å². The molecule has 104 valence electrons. The molecular weight excluding hydrogens is 268 g/mol. The minimum atomic E-state index is -3.52. The standard InChI is InChI=1S/C12H16N2O4S/c1-9(14-19(17,18)13-2)11-5-3-4-10(8-11)6-7-12(15)16/h3-9,13-14H,1-2H3,(H,15,16)/b7-6+. The first-order valence-corrected chi connectivity index (χ1v) is 7.04. The van der Waals surface area contributed by atoms with Gasteiger partial charge in [0.25, 0.3) is 10.2 Å². The number of rotatable bonds is 6. The fourth-order valence-electron chi connectivity index (χ4n) is 1.46. The van der Waals surface area contributed by atoms with Crippen LogP contribution < -0.4 is 9.44 Å². The highest BCUT2D eigenvalue weighted by Crippen LogP contribution is 2.15. The number of nitrogens with one attached hydrogen (secondary N) is 2. The lowest BCUT2D eigenvalue weighted by Gasteiger charge is -2.14. The predicted octanol–water partition coefficient (Wildman–Crippen LogP) is 0.899. The number of aliphatic carboxylic acids is 1. The minimum absolute atomic E-state index is 0.421. The molecule has 3 N–H and O–H groups in total. The van der Waals surface area contributed by atoms with Gasteiger partial charge in [-0.1, -0.05) is 24.3 Å². The largest absolute Gasteiger partial charge is 0.478 e. The van der Waals surface area contributed by atoms with Crippen molar-refractivity contribution in [1.82, 2.24) is 9.44 Å². The van der Waals surface area contributed by atoms with Gasteiger partial charge in [-0.25, -0.2) is 9.52 Å². The van der Waals surface area contributed by atoms with Gasteiger partial charge < -0.3 is 5.11 Å². The Balaban J connectivity index is 2.90. The molecule has 0 aliphatic heterocycles. The molecule has 1 rings (SSSR count). The van der Waals surface area contributed by atoms with Gasteiger partial charge in [-0.3, -0.25) is 0 Å². The average Bonchev–Trinajstić information content (AvgIpc) is 2.36. The van der Waals surface area contributed by atoms with E-state index < -0.39 is 22.2 Å². The Labute approximate surface area is 112 Å². The zero-order chi connectivity index (χ0) is 14.5. The Morgan fingerprint density at radius 3 is 2.68 bits per heavy atom. The van der Waals surface area contributed by atoms with Crippen LogP contribution in [0.5, 0.6) is 0 Å². The van der Waals surface area contributed by atoms with Crippen molar-refractivity contribution in [3.63, 3.8) is 0 Å². The average molecular weight is 284 g/mol. The Morgan fingerprint density at radius 1 is 1.42 bits per heavy atom. The first kappa shape index (κ1) is 15.4. The molecule has 0 heterocycles. The van der Waals surface area contributed by atoms with E-state index in [1.807, 2.05) is 0 Å². The molecule has 6 nitrogen and oxygen atoms in total. The zero-order valence-corrected chi connectivity index (χ0v) is 11.4. The van der Waals surface area contributed by atoms with Gasteiger partial charge in [0.1, 0.15) is 0 Å². The van der Waals surface area contributed by atoms with E-state index in [1.165, 1.54) is 13.1 Å². The van der Waals surface area contributed by atoms with E-state index in [0.717, 1.165) is 11.6 Å². The summed E-state index contributed by atoms with van der Waals surface area (Å²) in [5.74, 6) is -1.03. The third-order valence-electron chi connectivity index (χ3n) is 2.43. The van der Waals surface area contributed by atoms with Crippen molar-refractivity contribution in [2.75, 3.05) is 7.05 Å². The molecule has 19 heavy (non-hydrogen) atoms. The van der Waals surface area contributed by atoms with Crippen molar-refractivity contribution in [3.8, 4) is 0 Å². The Morgan fingerprint density at radius 2 is 2.11 bits per heavy atom. The molecule has 0 aliphatic carbocycles. The van der Waals surface area contributed by atoms with Gasteiger partial charge in [0.2, 0.25) is 0 Å². The predicted molar refractivity (Wildman–Crippen MR) is 72.6 cm³/mol. The van der Waals surface area contributed by atoms with Gasteiger partial charge in [-0.05, 0) is 24.1 Å². The second-order valence-corrected chi connectivity index (χ2v) is 5.54. The SMILES string of the molecule is CNS(=O)(=O)NC(C)c1cccc(/C=C/C(=O)O)c1. The second kappa shape index (κ2) is 6.46. The second-order valence-electron chi connectivity index (χ2n) is 3.89. The van der Waals surface area contributed by atoms with E-state index in [-0.39, 0.29) is 0 Å². The summed E-state index contributed by atoms with van der Waals surface area (Å²) in [5.41, 5.74) is 1.43. The van der Waals surface area contributed by atoms with Crippen molar-refractivity contribution >= 4 is 22.3 Å². The number of carboxylic acids is 1. The molecule has 1 atom stereocenters. The van der Waals surface area contributed by atoms with Crippen molar-refractivity contribution in [2.24, 2.45) is 0 Å². The minimum Gasteiger partial charge on any atom is -0.478 e. The molecule has 0 saturated carbocycles. The van der Waals surface area contributed by atoms with E-state index in [4.69, 9.17) is 5.11 Å². The monoisotopic (exact) mass is 284 g/mol. The van der Waals surface area contributed by atoms with Crippen LogP contribution in [-0.2, 0) is 15.0 Å². The fourth-order valence-corrected chi connectivity index (χ4v) is 2.18. The summed E-state index contributed by atoms with van der Waals surface area (Å²) in [4.78, 5) is 10.4. The zero-order valence-electron chi connectivity index (χ0n) is 10.6. The molecule has 0 aliphatic rings. The lowest BCUT2D eigenvalue weighted by molar-refractivity contribution is -0.131. The molecule has 0 aromatic heterocycles. The maximum absolute atomic E-state index is 11.4. The highest BCUT2D eigenvalue weighted by atomic mass is 32.2. The first-order valence-electron chi connectivity index (χ1n) is 5.56. The smallest absolute Gasteiger partial charge is 0.328 e. The Hall–Kier alpha value is -1.70. The number of carbonyl (C=O) groups is 1. The van der Waals surface area contributed by atoms with Crippen molar-refractivity contribution < 1.29 is 18.3 Å². The summed E-state index contributed by atoms with van der Waals surface area (Å²) in [6.45, 7) is 1.70. The molecule has 7 heteroatoms. The van der Waals surface area contributed by atoms with Crippen LogP contribution in [0.3, 0.4) is 0 Å². The summed E-state index contributed by atoms with van der Waals surface area (Å²) in [5, 5.41) is 8.55. The van der Waals surface area contributed by atoms with Gasteiger partial charge in [0.05, 0.1) is 0 Å². The van der Waals surface area contributed by atoms with Crippen LogP contribution in [0.4, 0.5) is 0 Å². The van der Waals surface area contributed by atoms with Gasteiger partial charge in [0.15, 0.2) is 0 Å². The summed E-state index contributed by atoms with van der Waals surface area (Å²) in [7, 11) is -2.20. The molecule has 0 spiro atoms. The molecule has 1 aromatic carbocycles. The maximum atomic E-state index is 11.4. The highest BCUT2D eigenvalue weighted by Gasteiger charge is 2.13. The third kappa shape index (κ3) is 5.21. The molecule has 0 saturated heterocycles. The summed E-state index contributed by atoms with van der Waals surface area (Å²) in [6.07, 6.45) is 2.48. The van der Waals surface area contributed by atoms with Crippen LogP contribution in [0.2, 0.25) is 0 Å². The number of benzene rings is 1.